The molecule has 0 saturated carbocycles. The Bertz CT molecular complexity index is 998. The summed E-state index contributed by atoms with van der Waals surface area (Å²) in [5.41, 5.74) is 2.79. The van der Waals surface area contributed by atoms with Crippen molar-refractivity contribution in [1.29, 1.82) is 0 Å². The molecule has 4 aromatic rings. The van der Waals surface area contributed by atoms with E-state index in [0.29, 0.717) is 0 Å². The minimum absolute atomic E-state index is 0.221. The van der Waals surface area contributed by atoms with Crippen LogP contribution in [0.15, 0.2) is 121 Å². The highest BCUT2D eigenvalue weighted by molar-refractivity contribution is 7.70. The first-order chi connectivity index (χ1) is 15.9. The summed E-state index contributed by atoms with van der Waals surface area (Å²) in [6, 6.07) is 45.0. The Morgan fingerprint density at radius 1 is 0.469 bits per heavy atom. The smallest absolute Gasteiger partial charge is 0.0608 e. The SMILES string of the molecule is c1ccc(C(c2ccccc2)N2CP(c3ccccc3)CCP(c3ccccc3)C2)cc1. The minimum atomic E-state index is -0.221. The molecule has 1 saturated heterocycles. The second-order valence-electron chi connectivity index (χ2n) is 8.29. The van der Waals surface area contributed by atoms with Crippen molar-refractivity contribution < 1.29 is 0 Å². The van der Waals surface area contributed by atoms with Crippen LogP contribution in [0.1, 0.15) is 17.2 Å². The molecule has 0 aliphatic carbocycles. The van der Waals surface area contributed by atoms with Gasteiger partial charge in [0.25, 0.3) is 0 Å². The van der Waals surface area contributed by atoms with Gasteiger partial charge in [-0.15, -0.1) is 0 Å². The Labute approximate surface area is 194 Å². The van der Waals surface area contributed by atoms with Gasteiger partial charge in [-0.25, -0.2) is 0 Å². The normalized spacial score (nSPS) is 19.5. The molecule has 0 bridgehead atoms. The minimum Gasteiger partial charge on any atom is -0.283 e. The van der Waals surface area contributed by atoms with Crippen molar-refractivity contribution in [3.8, 4) is 0 Å². The first-order valence-corrected chi connectivity index (χ1v) is 14.7. The summed E-state index contributed by atoms with van der Waals surface area (Å²) in [6.45, 7) is 0. The Morgan fingerprint density at radius 2 is 0.812 bits per heavy atom. The van der Waals surface area contributed by atoms with Gasteiger partial charge in [0.2, 0.25) is 0 Å². The molecule has 1 aliphatic rings. The topological polar surface area (TPSA) is 3.24 Å². The number of benzene rings is 4. The van der Waals surface area contributed by atoms with Crippen molar-refractivity contribution in [2.24, 2.45) is 0 Å². The van der Waals surface area contributed by atoms with Gasteiger partial charge >= 0.3 is 0 Å². The average molecular weight is 454 g/mol. The maximum Gasteiger partial charge on any atom is 0.0608 e. The number of nitrogens with zero attached hydrogens (tertiary/aromatic N) is 1. The summed E-state index contributed by atoms with van der Waals surface area (Å²) in [4.78, 5) is 2.80. The van der Waals surface area contributed by atoms with Crippen LogP contribution in [-0.2, 0) is 0 Å². The molecule has 2 atom stereocenters. The highest BCUT2D eigenvalue weighted by Crippen LogP contribution is 2.50. The first kappa shape index (κ1) is 21.5. The molecule has 1 aliphatic heterocycles. The van der Waals surface area contributed by atoms with Crippen LogP contribution in [0.3, 0.4) is 0 Å². The lowest BCUT2D eigenvalue weighted by Gasteiger charge is -2.35. The van der Waals surface area contributed by atoms with Crippen LogP contribution in [0.5, 0.6) is 0 Å². The third-order valence-corrected chi connectivity index (χ3v) is 11.5. The van der Waals surface area contributed by atoms with Crippen molar-refractivity contribution in [3.63, 3.8) is 0 Å². The van der Waals surface area contributed by atoms with Gasteiger partial charge in [-0.05, 0) is 34.1 Å². The molecule has 1 fully saturated rings. The van der Waals surface area contributed by atoms with Crippen LogP contribution in [0, 0.1) is 0 Å². The fraction of sp³-hybridized carbons (Fsp3) is 0.172. The standard InChI is InChI=1S/C29H29NP2/c1-5-13-25(14-6-1)29(26-15-7-2-8-16-26)30-23-31(27-17-9-3-10-18-27)21-22-32(24-30)28-19-11-4-12-20-28/h1-20,29H,21-24H2. The Hall–Kier alpha value is -2.30. The largest absolute Gasteiger partial charge is 0.283 e. The molecular weight excluding hydrogens is 424 g/mol. The maximum absolute atomic E-state index is 2.80. The van der Waals surface area contributed by atoms with E-state index in [4.69, 9.17) is 0 Å². The van der Waals surface area contributed by atoms with Crippen molar-refractivity contribution >= 4 is 26.5 Å². The summed E-state index contributed by atoms with van der Waals surface area (Å²) in [5, 5.41) is 3.08. The molecule has 3 heteroatoms. The highest BCUT2D eigenvalue weighted by Gasteiger charge is 2.31. The molecule has 160 valence electrons. The lowest BCUT2D eigenvalue weighted by molar-refractivity contribution is 0.311. The summed E-state index contributed by atoms with van der Waals surface area (Å²) in [7, 11) is -0.442. The Kier molecular flexibility index (Phi) is 7.10. The van der Waals surface area contributed by atoms with Crippen molar-refractivity contribution in [1.82, 2.24) is 4.90 Å². The Balaban J connectivity index is 1.56. The summed E-state index contributed by atoms with van der Waals surface area (Å²) in [6.07, 6.45) is 4.93. The fourth-order valence-electron chi connectivity index (χ4n) is 4.61. The van der Waals surface area contributed by atoms with Crippen LogP contribution in [0.2, 0.25) is 0 Å². The van der Waals surface area contributed by atoms with Crippen LogP contribution in [-0.4, -0.2) is 29.8 Å². The van der Waals surface area contributed by atoms with E-state index in [1.54, 1.807) is 0 Å². The van der Waals surface area contributed by atoms with Gasteiger partial charge in [0, 0.05) is 12.6 Å². The maximum atomic E-state index is 2.80. The molecule has 4 aromatic carbocycles. The zero-order valence-corrected chi connectivity index (χ0v) is 20.1. The third-order valence-electron chi connectivity index (χ3n) is 6.18. The Morgan fingerprint density at radius 3 is 1.19 bits per heavy atom. The predicted molar refractivity (Wildman–Crippen MR) is 142 cm³/mol. The van der Waals surface area contributed by atoms with E-state index in [0.717, 1.165) is 12.6 Å². The molecule has 32 heavy (non-hydrogen) atoms. The van der Waals surface area contributed by atoms with Crippen LogP contribution < -0.4 is 10.6 Å². The zero-order valence-electron chi connectivity index (χ0n) is 18.3. The lowest BCUT2D eigenvalue weighted by Crippen LogP contribution is -2.31. The second kappa shape index (κ2) is 10.5. The average Bonchev–Trinajstić information content (AvgIpc) is 3.10. The molecule has 0 N–H and O–H groups in total. The lowest BCUT2D eigenvalue weighted by atomic mass is 9.98. The molecule has 0 radical (unpaired) electrons. The quantitative estimate of drug-likeness (QED) is 0.307. The van der Waals surface area contributed by atoms with Crippen molar-refractivity contribution in [3.05, 3.63) is 132 Å². The van der Waals surface area contributed by atoms with Gasteiger partial charge in [-0.3, -0.25) is 4.90 Å². The molecule has 0 spiro atoms. The monoisotopic (exact) mass is 453 g/mol. The van der Waals surface area contributed by atoms with E-state index in [1.165, 1.54) is 34.1 Å². The third kappa shape index (κ3) is 5.02. The van der Waals surface area contributed by atoms with E-state index in [-0.39, 0.29) is 21.9 Å². The molecule has 1 heterocycles. The predicted octanol–water partition coefficient (Wildman–Crippen LogP) is 6.62. The fourth-order valence-corrected chi connectivity index (χ4v) is 10.4. The van der Waals surface area contributed by atoms with E-state index in [1.807, 2.05) is 0 Å². The van der Waals surface area contributed by atoms with Crippen molar-refractivity contribution in [2.45, 2.75) is 6.04 Å². The molecule has 2 unspecified atom stereocenters. The van der Waals surface area contributed by atoms with Gasteiger partial charge in [-0.1, -0.05) is 137 Å². The van der Waals surface area contributed by atoms with Crippen LogP contribution in [0.4, 0.5) is 0 Å². The number of hydrogen-bond acceptors (Lipinski definition) is 1. The van der Waals surface area contributed by atoms with Gasteiger partial charge in [-0.2, -0.15) is 0 Å². The van der Waals surface area contributed by atoms with Crippen molar-refractivity contribution in [2.75, 3.05) is 24.9 Å². The van der Waals surface area contributed by atoms with E-state index < -0.39 is 0 Å². The summed E-state index contributed by atoms with van der Waals surface area (Å²) < 4.78 is 0. The molecular formula is C29H29NP2. The second-order valence-corrected chi connectivity index (χ2v) is 12.9. The summed E-state index contributed by atoms with van der Waals surface area (Å²) in [5.74, 6) is 0. The molecule has 5 rings (SSSR count). The first-order valence-electron chi connectivity index (χ1n) is 11.3. The number of hydrogen-bond donors (Lipinski definition) is 0. The molecule has 0 amide bonds. The number of rotatable bonds is 5. The molecule has 1 nitrogen and oxygen atoms in total. The molecule has 0 aromatic heterocycles. The van der Waals surface area contributed by atoms with Gasteiger partial charge in [0.1, 0.15) is 0 Å². The van der Waals surface area contributed by atoms with Crippen LogP contribution in [0.25, 0.3) is 0 Å². The van der Waals surface area contributed by atoms with E-state index >= 15 is 0 Å². The zero-order chi connectivity index (χ0) is 21.6. The van der Waals surface area contributed by atoms with Crippen LogP contribution >= 0.6 is 15.8 Å². The van der Waals surface area contributed by atoms with E-state index in [2.05, 4.69) is 126 Å². The van der Waals surface area contributed by atoms with Gasteiger partial charge in [0.15, 0.2) is 0 Å². The van der Waals surface area contributed by atoms with Gasteiger partial charge in [0.05, 0.1) is 6.04 Å². The van der Waals surface area contributed by atoms with E-state index in [9.17, 15) is 0 Å². The summed E-state index contributed by atoms with van der Waals surface area (Å²) >= 11 is 0. The van der Waals surface area contributed by atoms with Gasteiger partial charge < -0.3 is 0 Å². The highest BCUT2D eigenvalue weighted by atomic mass is 31.1.